The highest BCUT2D eigenvalue weighted by atomic mass is 35.5. The van der Waals surface area contributed by atoms with Gasteiger partial charge in [0.25, 0.3) is 5.91 Å². The highest BCUT2D eigenvalue weighted by Gasteiger charge is 2.15. The van der Waals surface area contributed by atoms with Crippen molar-refractivity contribution in [3.63, 3.8) is 0 Å². The zero-order valence-electron chi connectivity index (χ0n) is 15.2. The van der Waals surface area contributed by atoms with Crippen LogP contribution in [0, 0.1) is 6.92 Å². The third-order valence-electron chi connectivity index (χ3n) is 3.76. The average Bonchev–Trinajstić information content (AvgIpc) is 2.63. The van der Waals surface area contributed by atoms with E-state index in [4.69, 9.17) is 16.3 Å². The Morgan fingerprint density at radius 2 is 1.67 bits per heavy atom. The van der Waals surface area contributed by atoms with E-state index in [1.807, 2.05) is 19.1 Å². The minimum atomic E-state index is -0.525. The summed E-state index contributed by atoms with van der Waals surface area (Å²) in [4.78, 5) is 37.0. The summed E-state index contributed by atoms with van der Waals surface area (Å²) in [6.45, 7) is 1.40. The first-order valence-corrected chi connectivity index (χ1v) is 8.72. The van der Waals surface area contributed by atoms with Gasteiger partial charge in [-0.05, 0) is 36.8 Å². The van der Waals surface area contributed by atoms with E-state index in [0.29, 0.717) is 10.7 Å². The highest BCUT2D eigenvalue weighted by molar-refractivity contribution is 6.30. The van der Waals surface area contributed by atoms with Crippen LogP contribution in [0.3, 0.4) is 0 Å². The fourth-order valence-electron chi connectivity index (χ4n) is 2.21. The number of likely N-dealkylation sites (N-methyl/N-ethyl adjacent to an activating group) is 1. The molecule has 2 aromatic carbocycles. The van der Waals surface area contributed by atoms with Crippen LogP contribution in [-0.2, 0) is 25.5 Å². The standard InChI is InChI=1S/C20H21ClN2O4/c1-14-3-9-17(10-4-14)22-18(24)12-23(2)19(25)13-27-20(26)11-15-5-7-16(21)8-6-15/h3-10H,11-13H2,1-2H3,(H,22,24). The molecular weight excluding hydrogens is 368 g/mol. The van der Waals surface area contributed by atoms with Gasteiger partial charge in [0.05, 0.1) is 13.0 Å². The van der Waals surface area contributed by atoms with E-state index in [2.05, 4.69) is 5.32 Å². The van der Waals surface area contributed by atoms with Gasteiger partial charge in [0.1, 0.15) is 0 Å². The number of esters is 1. The van der Waals surface area contributed by atoms with Crippen LogP contribution in [0.25, 0.3) is 0 Å². The molecule has 0 atom stereocenters. The van der Waals surface area contributed by atoms with E-state index >= 15 is 0 Å². The summed E-state index contributed by atoms with van der Waals surface area (Å²) in [7, 11) is 1.48. The fourth-order valence-corrected chi connectivity index (χ4v) is 2.34. The van der Waals surface area contributed by atoms with Crippen LogP contribution < -0.4 is 5.32 Å². The quantitative estimate of drug-likeness (QED) is 0.740. The molecule has 2 rings (SSSR count). The lowest BCUT2D eigenvalue weighted by molar-refractivity contribution is -0.151. The monoisotopic (exact) mass is 388 g/mol. The molecule has 142 valence electrons. The Kier molecular flexibility index (Phi) is 7.37. The van der Waals surface area contributed by atoms with Crippen LogP contribution in [0.1, 0.15) is 11.1 Å². The Balaban J connectivity index is 1.74. The number of aryl methyl sites for hydroxylation is 1. The van der Waals surface area contributed by atoms with Gasteiger partial charge >= 0.3 is 5.97 Å². The van der Waals surface area contributed by atoms with E-state index in [-0.39, 0.29) is 18.9 Å². The molecule has 0 bridgehead atoms. The van der Waals surface area contributed by atoms with Crippen molar-refractivity contribution < 1.29 is 19.1 Å². The molecule has 0 saturated carbocycles. The zero-order valence-corrected chi connectivity index (χ0v) is 16.0. The van der Waals surface area contributed by atoms with Crippen LogP contribution >= 0.6 is 11.6 Å². The number of amides is 2. The Morgan fingerprint density at radius 1 is 1.04 bits per heavy atom. The summed E-state index contributed by atoms with van der Waals surface area (Å²) in [6.07, 6.45) is 0.0437. The maximum atomic E-state index is 12.0. The first-order chi connectivity index (χ1) is 12.8. The lowest BCUT2D eigenvalue weighted by Crippen LogP contribution is -2.37. The maximum Gasteiger partial charge on any atom is 0.310 e. The maximum absolute atomic E-state index is 12.0. The molecule has 7 heteroatoms. The number of benzene rings is 2. The van der Waals surface area contributed by atoms with E-state index in [0.717, 1.165) is 11.1 Å². The first-order valence-electron chi connectivity index (χ1n) is 8.34. The summed E-state index contributed by atoms with van der Waals surface area (Å²) in [6, 6.07) is 14.1. The Hall–Kier alpha value is -2.86. The van der Waals surface area contributed by atoms with Gasteiger partial charge in [0.15, 0.2) is 6.61 Å². The molecule has 27 heavy (non-hydrogen) atoms. The van der Waals surface area contributed by atoms with Crippen molar-refractivity contribution in [3.8, 4) is 0 Å². The number of rotatable bonds is 7. The zero-order chi connectivity index (χ0) is 19.8. The third-order valence-corrected chi connectivity index (χ3v) is 4.01. The van der Waals surface area contributed by atoms with Crippen LogP contribution in [0.5, 0.6) is 0 Å². The smallest absolute Gasteiger partial charge is 0.310 e. The number of nitrogens with one attached hydrogen (secondary N) is 1. The minimum Gasteiger partial charge on any atom is -0.455 e. The van der Waals surface area contributed by atoms with Crippen molar-refractivity contribution in [2.24, 2.45) is 0 Å². The number of hydrogen-bond donors (Lipinski definition) is 1. The van der Waals surface area contributed by atoms with E-state index in [1.54, 1.807) is 36.4 Å². The van der Waals surface area contributed by atoms with Crippen molar-refractivity contribution in [3.05, 3.63) is 64.7 Å². The number of ether oxygens (including phenoxy) is 1. The molecular formula is C20H21ClN2O4. The number of halogens is 1. The summed E-state index contributed by atoms with van der Waals surface area (Å²) in [5.41, 5.74) is 2.48. The predicted molar refractivity (Wildman–Crippen MR) is 104 cm³/mol. The largest absolute Gasteiger partial charge is 0.455 e. The molecule has 0 aliphatic heterocycles. The number of hydrogen-bond acceptors (Lipinski definition) is 4. The summed E-state index contributed by atoms with van der Waals surface area (Å²) >= 11 is 5.79. The molecule has 0 aliphatic rings. The van der Waals surface area contributed by atoms with E-state index < -0.39 is 18.5 Å². The molecule has 1 N–H and O–H groups in total. The summed E-state index contributed by atoms with van der Waals surface area (Å²) in [5, 5.41) is 3.28. The molecule has 0 spiro atoms. The Bertz CT molecular complexity index is 804. The van der Waals surface area contributed by atoms with Crippen LogP contribution in [0.15, 0.2) is 48.5 Å². The number of anilines is 1. The van der Waals surface area contributed by atoms with Gasteiger partial charge in [0.2, 0.25) is 5.91 Å². The molecule has 2 amide bonds. The molecule has 6 nitrogen and oxygen atoms in total. The second-order valence-corrected chi connectivity index (χ2v) is 6.56. The van der Waals surface area contributed by atoms with Crippen molar-refractivity contribution >= 4 is 35.1 Å². The summed E-state index contributed by atoms with van der Waals surface area (Å²) < 4.78 is 4.98. The Labute approximate surface area is 163 Å². The number of nitrogens with zero attached hydrogens (tertiary/aromatic N) is 1. The van der Waals surface area contributed by atoms with E-state index in [9.17, 15) is 14.4 Å². The number of carbonyl (C=O) groups is 3. The van der Waals surface area contributed by atoms with Crippen molar-refractivity contribution in [2.45, 2.75) is 13.3 Å². The second-order valence-electron chi connectivity index (χ2n) is 6.13. The molecule has 0 fully saturated rings. The Morgan fingerprint density at radius 3 is 2.30 bits per heavy atom. The SMILES string of the molecule is Cc1ccc(NC(=O)CN(C)C(=O)COC(=O)Cc2ccc(Cl)cc2)cc1. The minimum absolute atomic E-state index is 0.0437. The van der Waals surface area contributed by atoms with Gasteiger partial charge < -0.3 is 15.0 Å². The molecule has 0 unspecified atom stereocenters. The van der Waals surface area contributed by atoms with Crippen molar-refractivity contribution in [1.82, 2.24) is 4.90 Å². The van der Waals surface area contributed by atoms with Gasteiger partial charge in [-0.3, -0.25) is 14.4 Å². The molecule has 0 aliphatic carbocycles. The lowest BCUT2D eigenvalue weighted by Gasteiger charge is -2.17. The molecule has 0 radical (unpaired) electrons. The van der Waals surface area contributed by atoms with E-state index in [1.165, 1.54) is 11.9 Å². The van der Waals surface area contributed by atoms with Crippen LogP contribution in [0.2, 0.25) is 5.02 Å². The summed E-state index contributed by atoms with van der Waals surface area (Å²) in [5.74, 6) is -1.32. The third kappa shape index (κ3) is 7.11. The van der Waals surface area contributed by atoms with Gasteiger partial charge in [-0.15, -0.1) is 0 Å². The molecule has 0 aromatic heterocycles. The van der Waals surface area contributed by atoms with Gasteiger partial charge in [-0.1, -0.05) is 41.4 Å². The first kappa shape index (κ1) is 20.5. The van der Waals surface area contributed by atoms with Gasteiger partial charge in [-0.2, -0.15) is 0 Å². The highest BCUT2D eigenvalue weighted by Crippen LogP contribution is 2.10. The lowest BCUT2D eigenvalue weighted by atomic mass is 10.1. The normalized spacial score (nSPS) is 10.2. The van der Waals surface area contributed by atoms with Crippen LogP contribution in [-0.4, -0.2) is 42.9 Å². The topological polar surface area (TPSA) is 75.7 Å². The van der Waals surface area contributed by atoms with Gasteiger partial charge in [-0.25, -0.2) is 0 Å². The molecule has 2 aromatic rings. The molecule has 0 heterocycles. The average molecular weight is 389 g/mol. The van der Waals surface area contributed by atoms with Crippen molar-refractivity contribution in [1.29, 1.82) is 0 Å². The van der Waals surface area contributed by atoms with Gasteiger partial charge in [0, 0.05) is 17.8 Å². The predicted octanol–water partition coefficient (Wildman–Crippen LogP) is 2.83. The molecule has 0 saturated heterocycles. The number of carbonyl (C=O) groups excluding carboxylic acids is 3. The fraction of sp³-hybridized carbons (Fsp3) is 0.250. The van der Waals surface area contributed by atoms with Crippen LogP contribution in [0.4, 0.5) is 5.69 Å². The van der Waals surface area contributed by atoms with Crippen molar-refractivity contribution in [2.75, 3.05) is 25.5 Å². The second kappa shape index (κ2) is 9.73.